The molecule has 0 spiro atoms. The highest BCUT2D eigenvalue weighted by Crippen LogP contribution is 2.57. The number of hydrogen-bond acceptors (Lipinski definition) is 3. The van der Waals surface area contributed by atoms with E-state index in [1.165, 1.54) is 6.08 Å². The highest BCUT2D eigenvalue weighted by molar-refractivity contribution is 5.77. The molecule has 2 aliphatic rings. The highest BCUT2D eigenvalue weighted by atomic mass is 16.5. The number of carboxylic acids is 1. The Bertz CT molecular complexity index is 354. The van der Waals surface area contributed by atoms with E-state index in [1.54, 1.807) is 0 Å². The molecule has 0 heterocycles. The molecule has 5 nitrogen and oxygen atoms in total. The van der Waals surface area contributed by atoms with E-state index in [4.69, 9.17) is 4.74 Å². The molecule has 0 aromatic heterocycles. The van der Waals surface area contributed by atoms with Gasteiger partial charge in [0.2, 0.25) is 0 Å². The van der Waals surface area contributed by atoms with Gasteiger partial charge < -0.3 is 15.2 Å². The van der Waals surface area contributed by atoms with Gasteiger partial charge in [0.25, 0.3) is 0 Å². The lowest BCUT2D eigenvalue weighted by Gasteiger charge is -2.43. The number of nitrogens with one attached hydrogen (secondary N) is 1. The summed E-state index contributed by atoms with van der Waals surface area (Å²) in [5.74, 6) is -0.659. The summed E-state index contributed by atoms with van der Waals surface area (Å²) in [6.07, 6.45) is 3.99. The Labute approximate surface area is 99.8 Å². The maximum Gasteiger partial charge on any atom is 0.407 e. The van der Waals surface area contributed by atoms with Gasteiger partial charge in [-0.05, 0) is 31.6 Å². The van der Waals surface area contributed by atoms with Crippen LogP contribution in [-0.4, -0.2) is 29.8 Å². The predicted octanol–water partition coefficient (Wildman–Crippen LogP) is 1.54. The Morgan fingerprint density at radius 2 is 2.18 bits per heavy atom. The van der Waals surface area contributed by atoms with Crippen LogP contribution in [0.1, 0.15) is 25.7 Å². The van der Waals surface area contributed by atoms with Crippen molar-refractivity contribution in [3.8, 4) is 0 Å². The van der Waals surface area contributed by atoms with Crippen molar-refractivity contribution in [2.24, 2.45) is 11.3 Å². The monoisotopic (exact) mass is 239 g/mol. The number of carbonyl (C=O) groups excluding carboxylic acids is 1. The third-order valence-corrected chi connectivity index (χ3v) is 4.06. The van der Waals surface area contributed by atoms with Crippen LogP contribution in [-0.2, 0) is 9.53 Å². The molecule has 0 aromatic rings. The summed E-state index contributed by atoms with van der Waals surface area (Å²) in [7, 11) is 0. The fraction of sp³-hybridized carbons (Fsp3) is 0.667. The highest BCUT2D eigenvalue weighted by Gasteiger charge is 2.59. The van der Waals surface area contributed by atoms with Crippen LogP contribution < -0.4 is 5.32 Å². The third kappa shape index (κ3) is 1.90. The van der Waals surface area contributed by atoms with Crippen molar-refractivity contribution >= 4 is 12.1 Å². The van der Waals surface area contributed by atoms with Gasteiger partial charge in [-0.2, -0.15) is 0 Å². The van der Waals surface area contributed by atoms with E-state index in [-0.39, 0.29) is 18.6 Å². The summed E-state index contributed by atoms with van der Waals surface area (Å²) in [6.45, 7) is 3.63. The topological polar surface area (TPSA) is 75.6 Å². The van der Waals surface area contributed by atoms with Crippen LogP contribution in [0.3, 0.4) is 0 Å². The van der Waals surface area contributed by atoms with Gasteiger partial charge in [-0.1, -0.05) is 12.7 Å². The molecular weight excluding hydrogens is 222 g/mol. The first-order valence-corrected chi connectivity index (χ1v) is 5.88. The van der Waals surface area contributed by atoms with E-state index < -0.39 is 17.5 Å². The van der Waals surface area contributed by atoms with Gasteiger partial charge in [0, 0.05) is 6.04 Å². The molecule has 0 bridgehead atoms. The van der Waals surface area contributed by atoms with Crippen molar-refractivity contribution in [1.29, 1.82) is 0 Å². The van der Waals surface area contributed by atoms with E-state index in [1.807, 2.05) is 0 Å². The lowest BCUT2D eigenvalue weighted by atomic mass is 9.61. The first-order chi connectivity index (χ1) is 8.10. The largest absolute Gasteiger partial charge is 0.481 e. The Hall–Kier alpha value is -1.52. The zero-order valence-corrected chi connectivity index (χ0v) is 9.65. The first kappa shape index (κ1) is 12.0. The molecule has 2 fully saturated rings. The fourth-order valence-corrected chi connectivity index (χ4v) is 3.04. The van der Waals surface area contributed by atoms with Crippen LogP contribution >= 0.6 is 0 Å². The second kappa shape index (κ2) is 4.39. The quantitative estimate of drug-likeness (QED) is 0.730. The summed E-state index contributed by atoms with van der Waals surface area (Å²) in [5.41, 5.74) is -0.587. The van der Waals surface area contributed by atoms with Gasteiger partial charge in [-0.15, -0.1) is 0 Å². The summed E-state index contributed by atoms with van der Waals surface area (Å²) < 4.78 is 4.84. The van der Waals surface area contributed by atoms with Crippen molar-refractivity contribution in [2.45, 2.75) is 31.7 Å². The molecule has 0 aromatic carbocycles. The fourth-order valence-electron chi connectivity index (χ4n) is 3.04. The van der Waals surface area contributed by atoms with Crippen LogP contribution in [0.4, 0.5) is 4.79 Å². The molecule has 2 N–H and O–H groups in total. The standard InChI is InChI=1S/C12H17NO4/c1-2-7-17-11(16)13-9-4-6-12(10(14)15)5-3-8(9)12/h2,8-9H,1,3-7H2,(H,13,16)(H,14,15)/t8-,9+,12-/m0/s1. The number of fused-ring (bicyclic) bond motifs is 1. The maximum atomic E-state index is 11.4. The SMILES string of the molecule is C=CCOC(=O)N[C@@H]1CC[C@@]2(C(=O)O)CC[C@@H]12. The normalized spacial score (nSPS) is 34.4. The average molecular weight is 239 g/mol. The summed E-state index contributed by atoms with van der Waals surface area (Å²) >= 11 is 0. The maximum absolute atomic E-state index is 11.4. The van der Waals surface area contributed by atoms with E-state index >= 15 is 0 Å². The number of carboxylic acid groups (broad SMARTS) is 1. The summed E-state index contributed by atoms with van der Waals surface area (Å²) in [4.78, 5) is 22.6. The van der Waals surface area contributed by atoms with Gasteiger partial charge in [0.15, 0.2) is 0 Å². The van der Waals surface area contributed by atoms with Crippen molar-refractivity contribution in [1.82, 2.24) is 5.32 Å². The molecular formula is C12H17NO4. The van der Waals surface area contributed by atoms with E-state index in [0.29, 0.717) is 6.42 Å². The third-order valence-electron chi connectivity index (χ3n) is 4.06. The molecule has 2 aliphatic carbocycles. The lowest BCUT2D eigenvalue weighted by molar-refractivity contribution is -0.159. The molecule has 0 unspecified atom stereocenters. The first-order valence-electron chi connectivity index (χ1n) is 5.88. The molecule has 2 saturated carbocycles. The number of ether oxygens (including phenoxy) is 1. The number of carbonyl (C=O) groups is 2. The van der Waals surface area contributed by atoms with Gasteiger partial charge in [-0.3, -0.25) is 4.79 Å². The molecule has 0 radical (unpaired) electrons. The van der Waals surface area contributed by atoms with E-state index in [2.05, 4.69) is 11.9 Å². The Morgan fingerprint density at radius 1 is 1.47 bits per heavy atom. The minimum Gasteiger partial charge on any atom is -0.481 e. The smallest absolute Gasteiger partial charge is 0.407 e. The van der Waals surface area contributed by atoms with Gasteiger partial charge in [-0.25, -0.2) is 4.79 Å². The summed E-state index contributed by atoms with van der Waals surface area (Å²) in [5, 5.41) is 12.0. The zero-order chi connectivity index (χ0) is 12.5. The average Bonchev–Trinajstić information content (AvgIpc) is 2.47. The predicted molar refractivity (Wildman–Crippen MR) is 60.5 cm³/mol. The molecule has 17 heavy (non-hydrogen) atoms. The minimum absolute atomic E-state index is 0.0582. The molecule has 5 heteroatoms. The lowest BCUT2D eigenvalue weighted by Crippen LogP contribution is -2.50. The number of aliphatic carboxylic acids is 1. The molecule has 3 atom stereocenters. The zero-order valence-electron chi connectivity index (χ0n) is 9.65. The molecule has 0 saturated heterocycles. The Morgan fingerprint density at radius 3 is 2.65 bits per heavy atom. The minimum atomic E-state index is -0.725. The van der Waals surface area contributed by atoms with Crippen molar-refractivity contribution < 1.29 is 19.4 Å². The van der Waals surface area contributed by atoms with Crippen molar-refractivity contribution in [3.63, 3.8) is 0 Å². The number of alkyl carbamates (subject to hydrolysis) is 1. The number of hydrogen-bond donors (Lipinski definition) is 2. The molecule has 94 valence electrons. The Balaban J connectivity index is 1.91. The van der Waals surface area contributed by atoms with E-state index in [0.717, 1.165) is 19.3 Å². The molecule has 2 rings (SSSR count). The van der Waals surface area contributed by atoms with Crippen LogP contribution in [0.5, 0.6) is 0 Å². The van der Waals surface area contributed by atoms with Crippen LogP contribution in [0.25, 0.3) is 0 Å². The molecule has 1 amide bonds. The van der Waals surface area contributed by atoms with Crippen LogP contribution in [0, 0.1) is 11.3 Å². The van der Waals surface area contributed by atoms with Crippen molar-refractivity contribution in [2.75, 3.05) is 6.61 Å². The number of amides is 1. The van der Waals surface area contributed by atoms with Crippen LogP contribution in [0.15, 0.2) is 12.7 Å². The van der Waals surface area contributed by atoms with Crippen molar-refractivity contribution in [3.05, 3.63) is 12.7 Å². The van der Waals surface area contributed by atoms with Gasteiger partial charge in [0.05, 0.1) is 5.41 Å². The Kier molecular flexibility index (Phi) is 3.09. The van der Waals surface area contributed by atoms with Gasteiger partial charge >= 0.3 is 12.1 Å². The second-order valence-corrected chi connectivity index (χ2v) is 4.78. The second-order valence-electron chi connectivity index (χ2n) is 4.78. The molecule has 0 aliphatic heterocycles. The van der Waals surface area contributed by atoms with E-state index in [9.17, 15) is 14.7 Å². The number of rotatable bonds is 4. The summed E-state index contributed by atoms with van der Waals surface area (Å²) in [6, 6.07) is -0.0582. The van der Waals surface area contributed by atoms with Crippen LogP contribution in [0.2, 0.25) is 0 Å². The van der Waals surface area contributed by atoms with Gasteiger partial charge in [0.1, 0.15) is 6.61 Å².